The molecule has 112 valence electrons. The molecule has 0 aromatic carbocycles. The maximum Gasteiger partial charge on any atom is 0.410 e. The number of pyridine rings is 1. The summed E-state index contributed by atoms with van der Waals surface area (Å²) in [6.45, 7) is 6.82. The second-order valence-electron chi connectivity index (χ2n) is 5.49. The van der Waals surface area contributed by atoms with Crippen molar-refractivity contribution in [2.45, 2.75) is 32.9 Å². The highest BCUT2D eigenvalue weighted by atomic mass is 16.6. The molecular formula is C14H23N3O3. The fourth-order valence-electron chi connectivity index (χ4n) is 1.51. The molecule has 1 rings (SSSR count). The van der Waals surface area contributed by atoms with Crippen molar-refractivity contribution in [2.24, 2.45) is 0 Å². The molecule has 0 aliphatic rings. The Kier molecular flexibility index (Phi) is 5.76. The number of nitrogens with two attached hydrogens (primary N) is 1. The number of nitrogen functional groups attached to an aromatic ring is 1. The first-order chi connectivity index (χ1) is 9.31. The molecule has 0 saturated heterocycles. The minimum Gasteiger partial charge on any atom is -0.444 e. The van der Waals surface area contributed by atoms with Crippen molar-refractivity contribution < 1.29 is 14.3 Å². The smallest absolute Gasteiger partial charge is 0.410 e. The van der Waals surface area contributed by atoms with Crippen molar-refractivity contribution in [1.82, 2.24) is 9.88 Å². The summed E-state index contributed by atoms with van der Waals surface area (Å²) in [5.74, 6) is 0.453. The van der Waals surface area contributed by atoms with E-state index >= 15 is 0 Å². The number of anilines is 1. The second kappa shape index (κ2) is 7.09. The summed E-state index contributed by atoms with van der Waals surface area (Å²) < 4.78 is 10.4. The van der Waals surface area contributed by atoms with Crippen LogP contribution in [0.4, 0.5) is 10.6 Å². The molecule has 1 aromatic heterocycles. The van der Waals surface area contributed by atoms with Gasteiger partial charge in [-0.05, 0) is 32.4 Å². The number of ether oxygens (including phenoxy) is 2. The van der Waals surface area contributed by atoms with Crippen molar-refractivity contribution in [1.29, 1.82) is 0 Å². The van der Waals surface area contributed by atoms with Gasteiger partial charge in [0.05, 0.1) is 13.2 Å². The van der Waals surface area contributed by atoms with Gasteiger partial charge in [0, 0.05) is 19.9 Å². The predicted molar refractivity (Wildman–Crippen MR) is 77.2 cm³/mol. The highest BCUT2D eigenvalue weighted by molar-refractivity contribution is 5.68. The van der Waals surface area contributed by atoms with Crippen molar-refractivity contribution in [3.8, 4) is 0 Å². The van der Waals surface area contributed by atoms with Crippen LogP contribution in [0, 0.1) is 0 Å². The van der Waals surface area contributed by atoms with Gasteiger partial charge < -0.3 is 20.1 Å². The third-order valence-electron chi connectivity index (χ3n) is 2.44. The molecule has 0 saturated carbocycles. The van der Waals surface area contributed by atoms with Crippen molar-refractivity contribution in [3.63, 3.8) is 0 Å². The molecule has 1 heterocycles. The third kappa shape index (κ3) is 5.88. The number of hydrogen-bond donors (Lipinski definition) is 1. The quantitative estimate of drug-likeness (QED) is 0.893. The summed E-state index contributed by atoms with van der Waals surface area (Å²) in [5.41, 5.74) is 5.91. The van der Waals surface area contributed by atoms with Gasteiger partial charge in [-0.15, -0.1) is 0 Å². The zero-order chi connectivity index (χ0) is 15.2. The lowest BCUT2D eigenvalue weighted by molar-refractivity contribution is 0.0184. The Bertz CT molecular complexity index is 426. The van der Waals surface area contributed by atoms with Gasteiger partial charge in [-0.3, -0.25) is 0 Å². The van der Waals surface area contributed by atoms with E-state index in [0.717, 1.165) is 5.56 Å². The van der Waals surface area contributed by atoms with Crippen LogP contribution in [0.15, 0.2) is 18.3 Å². The number of methoxy groups -OCH3 is 1. The number of nitrogens with zero attached hydrogens (tertiary/aromatic N) is 2. The summed E-state index contributed by atoms with van der Waals surface area (Å²) in [5, 5.41) is 0. The number of rotatable bonds is 5. The molecule has 2 N–H and O–H groups in total. The molecule has 0 aliphatic carbocycles. The first-order valence-corrected chi connectivity index (χ1v) is 6.49. The predicted octanol–water partition coefficient (Wildman–Crippen LogP) is 2.05. The Morgan fingerprint density at radius 1 is 1.40 bits per heavy atom. The first kappa shape index (κ1) is 16.2. The van der Waals surface area contributed by atoms with E-state index in [4.69, 9.17) is 15.2 Å². The SMILES string of the molecule is COCCN(Cc1ccc(N)nc1)C(=O)OC(C)(C)C. The molecular weight excluding hydrogens is 258 g/mol. The molecule has 0 unspecified atom stereocenters. The van der Waals surface area contributed by atoms with E-state index in [2.05, 4.69) is 4.98 Å². The van der Waals surface area contributed by atoms with E-state index in [0.29, 0.717) is 25.5 Å². The Morgan fingerprint density at radius 2 is 2.10 bits per heavy atom. The molecule has 20 heavy (non-hydrogen) atoms. The summed E-state index contributed by atoms with van der Waals surface area (Å²) in [4.78, 5) is 17.7. The van der Waals surface area contributed by atoms with Crippen LogP contribution in [0.1, 0.15) is 26.3 Å². The average molecular weight is 281 g/mol. The summed E-state index contributed by atoms with van der Waals surface area (Å²) in [6.07, 6.45) is 1.28. The lowest BCUT2D eigenvalue weighted by Gasteiger charge is -2.27. The van der Waals surface area contributed by atoms with Gasteiger partial charge >= 0.3 is 6.09 Å². The van der Waals surface area contributed by atoms with Gasteiger partial charge in [0.2, 0.25) is 0 Å². The number of carbonyl (C=O) groups is 1. The Balaban J connectivity index is 2.73. The second-order valence-corrected chi connectivity index (χ2v) is 5.49. The molecule has 0 atom stereocenters. The standard InChI is InChI=1S/C14H23N3O3/c1-14(2,3)20-13(18)17(7-8-19-4)10-11-5-6-12(15)16-9-11/h5-6,9H,7-8,10H2,1-4H3,(H2,15,16). The van der Waals surface area contributed by atoms with Crippen molar-refractivity contribution >= 4 is 11.9 Å². The van der Waals surface area contributed by atoms with E-state index < -0.39 is 5.60 Å². The van der Waals surface area contributed by atoms with Crippen molar-refractivity contribution in [3.05, 3.63) is 23.9 Å². The van der Waals surface area contributed by atoms with Gasteiger partial charge in [0.1, 0.15) is 11.4 Å². The van der Waals surface area contributed by atoms with Crippen LogP contribution in [-0.4, -0.2) is 41.8 Å². The molecule has 6 heteroatoms. The highest BCUT2D eigenvalue weighted by Gasteiger charge is 2.22. The number of amides is 1. The Morgan fingerprint density at radius 3 is 2.60 bits per heavy atom. The number of carbonyl (C=O) groups excluding carboxylic acids is 1. The van der Waals surface area contributed by atoms with Gasteiger partial charge in [0.15, 0.2) is 0 Å². The first-order valence-electron chi connectivity index (χ1n) is 6.49. The Labute approximate surface area is 119 Å². The topological polar surface area (TPSA) is 77.7 Å². The summed E-state index contributed by atoms with van der Waals surface area (Å²) in [6, 6.07) is 3.55. The van der Waals surface area contributed by atoms with Gasteiger partial charge in [0.25, 0.3) is 0 Å². The summed E-state index contributed by atoms with van der Waals surface area (Å²) in [7, 11) is 1.60. The van der Waals surface area contributed by atoms with Crippen LogP contribution >= 0.6 is 0 Å². The van der Waals surface area contributed by atoms with Crippen molar-refractivity contribution in [2.75, 3.05) is 26.0 Å². The highest BCUT2D eigenvalue weighted by Crippen LogP contribution is 2.12. The molecule has 0 bridgehead atoms. The zero-order valence-electron chi connectivity index (χ0n) is 12.5. The minimum atomic E-state index is -0.526. The van der Waals surface area contributed by atoms with E-state index in [1.165, 1.54) is 0 Å². The summed E-state index contributed by atoms with van der Waals surface area (Å²) >= 11 is 0. The molecule has 0 spiro atoms. The average Bonchev–Trinajstić information content (AvgIpc) is 2.34. The lowest BCUT2D eigenvalue weighted by atomic mass is 10.2. The van der Waals surface area contributed by atoms with E-state index in [1.54, 1.807) is 24.3 Å². The van der Waals surface area contributed by atoms with Crippen LogP contribution in [0.25, 0.3) is 0 Å². The van der Waals surface area contributed by atoms with Gasteiger partial charge in [-0.25, -0.2) is 9.78 Å². The molecule has 0 fully saturated rings. The Hall–Kier alpha value is -1.82. The zero-order valence-corrected chi connectivity index (χ0v) is 12.5. The molecule has 1 aromatic rings. The van der Waals surface area contributed by atoms with Gasteiger partial charge in [-0.2, -0.15) is 0 Å². The number of hydrogen-bond acceptors (Lipinski definition) is 5. The monoisotopic (exact) mass is 281 g/mol. The van der Waals surface area contributed by atoms with Gasteiger partial charge in [-0.1, -0.05) is 6.07 Å². The van der Waals surface area contributed by atoms with Crippen LogP contribution in [-0.2, 0) is 16.0 Å². The normalized spacial score (nSPS) is 11.2. The fraction of sp³-hybridized carbons (Fsp3) is 0.571. The largest absolute Gasteiger partial charge is 0.444 e. The van der Waals surface area contributed by atoms with E-state index in [9.17, 15) is 4.79 Å². The van der Waals surface area contributed by atoms with E-state index in [1.807, 2.05) is 26.8 Å². The van der Waals surface area contributed by atoms with Crippen LogP contribution in [0.2, 0.25) is 0 Å². The van der Waals surface area contributed by atoms with Crippen LogP contribution in [0.3, 0.4) is 0 Å². The third-order valence-corrected chi connectivity index (χ3v) is 2.44. The number of aromatic nitrogens is 1. The van der Waals surface area contributed by atoms with Crippen LogP contribution < -0.4 is 5.73 Å². The molecule has 0 radical (unpaired) electrons. The fourth-order valence-corrected chi connectivity index (χ4v) is 1.51. The van der Waals surface area contributed by atoms with E-state index in [-0.39, 0.29) is 6.09 Å². The maximum absolute atomic E-state index is 12.1. The molecule has 1 amide bonds. The molecule has 0 aliphatic heterocycles. The van der Waals surface area contributed by atoms with Crippen LogP contribution in [0.5, 0.6) is 0 Å². The molecule has 6 nitrogen and oxygen atoms in total. The minimum absolute atomic E-state index is 0.369. The lowest BCUT2D eigenvalue weighted by Crippen LogP contribution is -2.38. The maximum atomic E-state index is 12.1.